The summed E-state index contributed by atoms with van der Waals surface area (Å²) >= 11 is 12.6. The van der Waals surface area contributed by atoms with Crippen LogP contribution in [0.2, 0.25) is 10.0 Å². The van der Waals surface area contributed by atoms with Crippen LogP contribution in [-0.2, 0) is 17.4 Å². The average molecular weight is 461 g/mol. The topological polar surface area (TPSA) is 67.2 Å². The molecule has 0 radical (unpaired) electrons. The highest BCUT2D eigenvalue weighted by Crippen LogP contribution is 2.42. The van der Waals surface area contributed by atoms with Crippen LogP contribution in [0.3, 0.4) is 0 Å². The zero-order valence-electron chi connectivity index (χ0n) is 16.7. The lowest BCUT2D eigenvalue weighted by Crippen LogP contribution is -2.41. The summed E-state index contributed by atoms with van der Waals surface area (Å²) in [6, 6.07) is 7.89. The van der Waals surface area contributed by atoms with Gasteiger partial charge in [-0.2, -0.15) is 0 Å². The number of nitrogens with zero attached hydrogens (tertiary/aromatic N) is 3. The van der Waals surface area contributed by atoms with E-state index in [0.717, 1.165) is 0 Å². The van der Waals surface area contributed by atoms with Gasteiger partial charge < -0.3 is 14.8 Å². The molecule has 1 fully saturated rings. The van der Waals surface area contributed by atoms with E-state index < -0.39 is 11.4 Å². The quantitative estimate of drug-likeness (QED) is 0.469. The van der Waals surface area contributed by atoms with Crippen LogP contribution in [0.4, 0.5) is 10.2 Å². The molecule has 6 nitrogen and oxygen atoms in total. The first-order chi connectivity index (χ1) is 14.8. The minimum Gasteiger partial charge on any atom is -0.358 e. The van der Waals surface area contributed by atoms with Crippen molar-refractivity contribution in [3.8, 4) is 0 Å². The van der Waals surface area contributed by atoms with Crippen LogP contribution in [0.25, 0.3) is 10.9 Å². The molecule has 1 aliphatic rings. The number of carbonyl (C=O) groups excluding carboxylic acids is 1. The standard InChI is InChI=1S/C22H19Cl2FN4O2/c1-3-17(30)29-11-9-22(12-29,18-15(25)6-5-14(23)19(18)24)27-16-7-4-13-8-10-28(2)21(31)20(13)26-16/h3-8,10H,1,9,11-12H2,2H3,(H,26,27)/t22-/m0/s1. The van der Waals surface area contributed by atoms with Crippen LogP contribution in [0.15, 0.2) is 54.0 Å². The molecule has 1 aliphatic heterocycles. The van der Waals surface area contributed by atoms with E-state index in [1.165, 1.54) is 22.8 Å². The van der Waals surface area contributed by atoms with Crippen LogP contribution in [0, 0.1) is 5.82 Å². The van der Waals surface area contributed by atoms with Crippen LogP contribution in [-0.4, -0.2) is 33.4 Å². The highest BCUT2D eigenvalue weighted by Gasteiger charge is 2.44. The third kappa shape index (κ3) is 3.68. The summed E-state index contributed by atoms with van der Waals surface area (Å²) in [5.41, 5.74) is -0.911. The Hall–Kier alpha value is -2.90. The number of aromatic nitrogens is 2. The molecule has 0 bridgehead atoms. The highest BCUT2D eigenvalue weighted by atomic mass is 35.5. The Morgan fingerprint density at radius 2 is 2.06 bits per heavy atom. The first-order valence-electron chi connectivity index (χ1n) is 9.55. The maximum Gasteiger partial charge on any atom is 0.276 e. The second-order valence-corrected chi connectivity index (χ2v) is 8.29. The van der Waals surface area contributed by atoms with Gasteiger partial charge in [0.05, 0.1) is 15.6 Å². The molecule has 4 rings (SSSR count). The second-order valence-electron chi connectivity index (χ2n) is 7.51. The van der Waals surface area contributed by atoms with Gasteiger partial charge in [0.15, 0.2) is 0 Å². The number of pyridine rings is 2. The Balaban J connectivity index is 1.85. The summed E-state index contributed by atoms with van der Waals surface area (Å²) in [7, 11) is 1.64. The molecular weight excluding hydrogens is 442 g/mol. The first-order valence-corrected chi connectivity index (χ1v) is 10.3. The van der Waals surface area contributed by atoms with Crippen molar-refractivity contribution in [3.63, 3.8) is 0 Å². The van der Waals surface area contributed by atoms with E-state index in [9.17, 15) is 9.59 Å². The maximum absolute atomic E-state index is 15.0. The molecule has 1 saturated heterocycles. The van der Waals surface area contributed by atoms with E-state index in [1.54, 1.807) is 36.3 Å². The molecule has 9 heteroatoms. The Morgan fingerprint density at radius 3 is 2.81 bits per heavy atom. The number of aryl methyl sites for hydroxylation is 1. The van der Waals surface area contributed by atoms with E-state index in [0.29, 0.717) is 24.2 Å². The maximum atomic E-state index is 15.0. The van der Waals surface area contributed by atoms with Crippen molar-refractivity contribution in [1.82, 2.24) is 14.5 Å². The predicted octanol–water partition coefficient (Wildman–Crippen LogP) is 4.11. The summed E-state index contributed by atoms with van der Waals surface area (Å²) in [5.74, 6) is -0.465. The number of hydrogen-bond donors (Lipinski definition) is 1. The molecule has 0 spiro atoms. The fraction of sp³-hybridized carbons (Fsp3) is 0.227. The molecule has 1 aromatic carbocycles. The molecule has 3 heterocycles. The summed E-state index contributed by atoms with van der Waals surface area (Å²) in [5, 5.41) is 4.21. The minimum absolute atomic E-state index is 0.0683. The lowest BCUT2D eigenvalue weighted by atomic mass is 9.88. The van der Waals surface area contributed by atoms with Crippen molar-refractivity contribution in [3.05, 3.63) is 81.0 Å². The number of fused-ring (bicyclic) bond motifs is 1. The molecule has 1 atom stereocenters. The van der Waals surface area contributed by atoms with Crippen LogP contribution in [0.5, 0.6) is 0 Å². The van der Waals surface area contributed by atoms with Gasteiger partial charge in [0.1, 0.15) is 17.2 Å². The molecule has 160 valence electrons. The Kier molecular flexibility index (Phi) is 5.49. The second kappa shape index (κ2) is 7.98. The summed E-state index contributed by atoms with van der Waals surface area (Å²) in [6.45, 7) is 4.01. The lowest BCUT2D eigenvalue weighted by Gasteiger charge is -2.33. The van der Waals surface area contributed by atoms with Gasteiger partial charge >= 0.3 is 0 Å². The van der Waals surface area contributed by atoms with Crippen LogP contribution in [0.1, 0.15) is 12.0 Å². The van der Waals surface area contributed by atoms with Crippen molar-refractivity contribution in [2.75, 3.05) is 18.4 Å². The monoisotopic (exact) mass is 460 g/mol. The molecule has 3 aromatic rings. The number of rotatable bonds is 4. The van der Waals surface area contributed by atoms with Gasteiger partial charge in [-0.15, -0.1) is 0 Å². The molecule has 0 unspecified atom stereocenters. The fourth-order valence-corrected chi connectivity index (χ4v) is 4.47. The number of anilines is 1. The number of nitrogens with one attached hydrogen (secondary N) is 1. The zero-order chi connectivity index (χ0) is 22.3. The number of benzene rings is 1. The number of carbonyl (C=O) groups is 1. The van der Waals surface area contributed by atoms with E-state index in [1.807, 2.05) is 0 Å². The van der Waals surface area contributed by atoms with Crippen LogP contribution < -0.4 is 10.9 Å². The number of halogens is 3. The van der Waals surface area contributed by atoms with Gasteiger partial charge in [-0.05, 0) is 42.8 Å². The largest absolute Gasteiger partial charge is 0.358 e. The minimum atomic E-state index is -1.09. The van der Waals surface area contributed by atoms with Crippen molar-refractivity contribution in [2.24, 2.45) is 7.05 Å². The number of amides is 1. The van der Waals surface area contributed by atoms with Crippen LogP contribution >= 0.6 is 23.2 Å². The average Bonchev–Trinajstić information content (AvgIpc) is 3.18. The van der Waals surface area contributed by atoms with Gasteiger partial charge in [0.25, 0.3) is 5.56 Å². The van der Waals surface area contributed by atoms with E-state index in [2.05, 4.69) is 16.9 Å². The molecule has 1 amide bonds. The molecule has 0 saturated carbocycles. The van der Waals surface area contributed by atoms with Gasteiger partial charge in [0, 0.05) is 37.3 Å². The summed E-state index contributed by atoms with van der Waals surface area (Å²) in [6.07, 6.45) is 3.23. The van der Waals surface area contributed by atoms with Crippen molar-refractivity contribution >= 4 is 45.8 Å². The van der Waals surface area contributed by atoms with Crippen molar-refractivity contribution in [1.29, 1.82) is 0 Å². The smallest absolute Gasteiger partial charge is 0.276 e. The van der Waals surface area contributed by atoms with Gasteiger partial charge in [-0.1, -0.05) is 29.8 Å². The highest BCUT2D eigenvalue weighted by molar-refractivity contribution is 6.42. The lowest BCUT2D eigenvalue weighted by molar-refractivity contribution is -0.125. The SMILES string of the molecule is C=CC(=O)N1CC[C@@](Nc2ccc3ccn(C)c(=O)c3n2)(c2c(F)ccc(Cl)c2Cl)C1. The Morgan fingerprint density at radius 1 is 1.29 bits per heavy atom. The van der Waals surface area contributed by atoms with Gasteiger partial charge in [-0.25, -0.2) is 9.37 Å². The van der Waals surface area contributed by atoms with Gasteiger partial charge in [-0.3, -0.25) is 9.59 Å². The Bertz CT molecular complexity index is 1280. The number of likely N-dealkylation sites (tertiary alicyclic amines) is 1. The summed E-state index contributed by atoms with van der Waals surface area (Å²) in [4.78, 5) is 30.8. The molecule has 1 N–H and O–H groups in total. The predicted molar refractivity (Wildman–Crippen MR) is 120 cm³/mol. The third-order valence-electron chi connectivity index (χ3n) is 5.57. The molecule has 0 aliphatic carbocycles. The van der Waals surface area contributed by atoms with Gasteiger partial charge in [0.2, 0.25) is 5.91 Å². The molecule has 2 aromatic heterocycles. The zero-order valence-corrected chi connectivity index (χ0v) is 18.2. The van der Waals surface area contributed by atoms with E-state index >= 15 is 4.39 Å². The normalized spacial score (nSPS) is 18.4. The number of hydrogen-bond acceptors (Lipinski definition) is 4. The summed E-state index contributed by atoms with van der Waals surface area (Å²) < 4.78 is 16.5. The Labute approximate surface area is 187 Å². The third-order valence-corrected chi connectivity index (χ3v) is 6.38. The first kappa shape index (κ1) is 21.3. The van der Waals surface area contributed by atoms with Crippen molar-refractivity contribution in [2.45, 2.75) is 12.0 Å². The fourth-order valence-electron chi connectivity index (χ4n) is 3.98. The molecule has 31 heavy (non-hydrogen) atoms. The molecular formula is C22H19Cl2FN4O2. The van der Waals surface area contributed by atoms with E-state index in [4.69, 9.17) is 23.2 Å². The van der Waals surface area contributed by atoms with E-state index in [-0.39, 0.29) is 39.1 Å². The van der Waals surface area contributed by atoms with Crippen molar-refractivity contribution < 1.29 is 9.18 Å².